The fourth-order valence-electron chi connectivity index (χ4n) is 3.43. The second kappa shape index (κ2) is 5.20. The van der Waals surface area contributed by atoms with Crippen LogP contribution in [0, 0.1) is 23.7 Å². The number of hydrogen-bond donors (Lipinski definition) is 0. The van der Waals surface area contributed by atoms with Crippen LogP contribution in [-0.4, -0.2) is 5.78 Å². The van der Waals surface area contributed by atoms with Crippen molar-refractivity contribution in [2.75, 3.05) is 0 Å². The van der Waals surface area contributed by atoms with Gasteiger partial charge in [0.25, 0.3) is 0 Å². The van der Waals surface area contributed by atoms with Crippen molar-refractivity contribution < 1.29 is 4.79 Å². The van der Waals surface area contributed by atoms with Crippen LogP contribution in [0.3, 0.4) is 0 Å². The maximum atomic E-state index is 11.3. The number of carbonyl (C=O) groups excluding carboxylic acids is 1. The summed E-state index contributed by atoms with van der Waals surface area (Å²) in [5.41, 5.74) is 4.18. The van der Waals surface area contributed by atoms with Crippen molar-refractivity contribution in [3.63, 3.8) is 0 Å². The van der Waals surface area contributed by atoms with Crippen LogP contribution < -0.4 is 0 Å². The van der Waals surface area contributed by atoms with E-state index >= 15 is 0 Å². The quantitative estimate of drug-likeness (QED) is 0.662. The molecule has 17 heavy (non-hydrogen) atoms. The second-order valence-corrected chi connectivity index (χ2v) is 6.00. The molecule has 0 aromatic carbocycles. The lowest BCUT2D eigenvalue weighted by Gasteiger charge is -2.26. The van der Waals surface area contributed by atoms with Crippen LogP contribution in [0.4, 0.5) is 0 Å². The first-order valence-corrected chi connectivity index (χ1v) is 6.70. The molecule has 0 unspecified atom stereocenters. The zero-order valence-electron chi connectivity index (χ0n) is 12.3. The summed E-state index contributed by atoms with van der Waals surface area (Å²) in [5.74, 6) is 2.45. The maximum absolute atomic E-state index is 11.3. The Hall–Kier alpha value is -0.850. The highest BCUT2D eigenvalue weighted by Gasteiger charge is 2.36. The van der Waals surface area contributed by atoms with Gasteiger partial charge in [-0.1, -0.05) is 40.2 Å². The molecule has 1 heteroatoms. The molecule has 0 aromatic heterocycles. The number of carbonyl (C=O) groups is 1. The van der Waals surface area contributed by atoms with Gasteiger partial charge < -0.3 is 0 Å². The summed E-state index contributed by atoms with van der Waals surface area (Å²) < 4.78 is 0. The Morgan fingerprint density at radius 3 is 2.06 bits per heavy atom. The fraction of sp³-hybridized carbons (Fsp3) is 0.688. The molecule has 0 amide bonds. The van der Waals surface area contributed by atoms with E-state index in [1.165, 1.54) is 11.1 Å². The van der Waals surface area contributed by atoms with Crippen molar-refractivity contribution in [2.24, 2.45) is 23.7 Å². The molecule has 1 aliphatic carbocycles. The molecule has 1 aliphatic rings. The van der Waals surface area contributed by atoms with Gasteiger partial charge in [-0.3, -0.25) is 4.79 Å². The maximum Gasteiger partial charge on any atom is 0.152 e. The van der Waals surface area contributed by atoms with E-state index in [4.69, 9.17) is 0 Å². The Balaban J connectivity index is 3.28. The van der Waals surface area contributed by atoms with Gasteiger partial charge in [0.2, 0.25) is 0 Å². The van der Waals surface area contributed by atoms with Gasteiger partial charge in [0.15, 0.2) is 5.78 Å². The minimum Gasteiger partial charge on any atom is -0.295 e. The van der Waals surface area contributed by atoms with Crippen molar-refractivity contribution in [3.8, 4) is 0 Å². The summed E-state index contributed by atoms with van der Waals surface area (Å²) in [6, 6.07) is 0. The Bertz CT molecular complexity index is 369. The monoisotopic (exact) mass is 234 g/mol. The van der Waals surface area contributed by atoms with Gasteiger partial charge in [0.05, 0.1) is 0 Å². The predicted molar refractivity (Wildman–Crippen MR) is 73.8 cm³/mol. The van der Waals surface area contributed by atoms with Crippen LogP contribution >= 0.6 is 0 Å². The summed E-state index contributed by atoms with van der Waals surface area (Å²) >= 11 is 0. The third-order valence-corrected chi connectivity index (χ3v) is 3.95. The van der Waals surface area contributed by atoms with Gasteiger partial charge in [0, 0.05) is 0 Å². The molecular weight excluding hydrogens is 208 g/mol. The smallest absolute Gasteiger partial charge is 0.152 e. The van der Waals surface area contributed by atoms with Crippen LogP contribution in [0.2, 0.25) is 0 Å². The zero-order valence-corrected chi connectivity index (χ0v) is 12.3. The molecule has 0 spiro atoms. The van der Waals surface area contributed by atoms with Gasteiger partial charge in [-0.2, -0.15) is 0 Å². The van der Waals surface area contributed by atoms with Gasteiger partial charge in [-0.15, -0.1) is 0 Å². The molecule has 0 saturated carbocycles. The van der Waals surface area contributed by atoms with Crippen LogP contribution in [0.1, 0.15) is 48.5 Å². The molecule has 1 rings (SSSR count). The lowest BCUT2D eigenvalue weighted by Crippen LogP contribution is -2.18. The summed E-state index contributed by atoms with van der Waals surface area (Å²) in [6.45, 7) is 15.2. The van der Waals surface area contributed by atoms with Crippen molar-refractivity contribution in [2.45, 2.75) is 48.5 Å². The molecule has 2 atom stereocenters. The lowest BCUT2D eigenvalue weighted by molar-refractivity contribution is -0.112. The molecule has 96 valence electrons. The van der Waals surface area contributed by atoms with Gasteiger partial charge in [0.1, 0.15) is 0 Å². The van der Waals surface area contributed by atoms with Crippen LogP contribution in [0.15, 0.2) is 22.8 Å². The van der Waals surface area contributed by atoms with Crippen molar-refractivity contribution in [1.29, 1.82) is 0 Å². The highest BCUT2D eigenvalue weighted by molar-refractivity contribution is 5.89. The molecule has 0 aromatic rings. The molecule has 1 nitrogen and oxygen atoms in total. The highest BCUT2D eigenvalue weighted by atomic mass is 16.1. The van der Waals surface area contributed by atoms with E-state index in [0.717, 1.165) is 0 Å². The Kier molecular flexibility index (Phi) is 4.35. The van der Waals surface area contributed by atoms with E-state index in [1.807, 2.05) is 6.08 Å². The van der Waals surface area contributed by atoms with Crippen LogP contribution in [0.5, 0.6) is 0 Å². The average Bonchev–Trinajstić information content (AvgIpc) is 2.41. The normalized spacial score (nSPS) is 27.7. The summed E-state index contributed by atoms with van der Waals surface area (Å²) in [6.07, 6.45) is 1.84. The van der Waals surface area contributed by atoms with Crippen LogP contribution in [0.25, 0.3) is 0 Å². The molecule has 0 radical (unpaired) electrons. The SMILES string of the molecule is CC(=O)/C=C1/C(C)=C(C(C)C)[C@@H](C(C)C)[C@@H]1C. The molecule has 0 N–H and O–H groups in total. The molecule has 0 bridgehead atoms. The van der Waals surface area contributed by atoms with Crippen LogP contribution in [-0.2, 0) is 4.79 Å². The Morgan fingerprint density at radius 1 is 1.24 bits per heavy atom. The fourth-order valence-corrected chi connectivity index (χ4v) is 3.43. The first-order chi connectivity index (χ1) is 7.77. The largest absolute Gasteiger partial charge is 0.295 e. The summed E-state index contributed by atoms with van der Waals surface area (Å²) in [5, 5.41) is 0. The Morgan fingerprint density at radius 2 is 1.76 bits per heavy atom. The first-order valence-electron chi connectivity index (χ1n) is 6.70. The summed E-state index contributed by atoms with van der Waals surface area (Å²) in [7, 11) is 0. The molecule has 0 aliphatic heterocycles. The first kappa shape index (κ1) is 14.2. The minimum absolute atomic E-state index is 0.165. The van der Waals surface area contributed by atoms with Crippen molar-refractivity contribution in [1.82, 2.24) is 0 Å². The van der Waals surface area contributed by atoms with E-state index in [1.54, 1.807) is 12.5 Å². The van der Waals surface area contributed by atoms with Gasteiger partial charge >= 0.3 is 0 Å². The molecule has 0 saturated heterocycles. The van der Waals surface area contributed by atoms with E-state index in [2.05, 4.69) is 41.5 Å². The standard InChI is InChI=1S/C16H26O/c1-9(2)15-12(6)14(8-11(5)17)13(7)16(15)10(3)4/h8-10,12,15H,1-7H3/b14-8+/t12-,15+/m1/s1. The second-order valence-electron chi connectivity index (χ2n) is 6.00. The number of allylic oxidation sites excluding steroid dienone is 4. The summed E-state index contributed by atoms with van der Waals surface area (Å²) in [4.78, 5) is 11.3. The average molecular weight is 234 g/mol. The van der Waals surface area contributed by atoms with E-state index in [0.29, 0.717) is 23.7 Å². The molecule has 0 heterocycles. The zero-order chi connectivity index (χ0) is 13.3. The van der Waals surface area contributed by atoms with Gasteiger partial charge in [-0.25, -0.2) is 0 Å². The van der Waals surface area contributed by atoms with E-state index in [-0.39, 0.29) is 5.78 Å². The number of hydrogen-bond acceptors (Lipinski definition) is 1. The van der Waals surface area contributed by atoms with Crippen molar-refractivity contribution >= 4 is 5.78 Å². The molecular formula is C16H26O. The van der Waals surface area contributed by atoms with Gasteiger partial charge in [-0.05, 0) is 54.7 Å². The number of ketones is 1. The van der Waals surface area contributed by atoms with Crippen molar-refractivity contribution in [3.05, 3.63) is 22.8 Å². The highest BCUT2D eigenvalue weighted by Crippen LogP contribution is 2.47. The molecule has 0 fully saturated rings. The third-order valence-electron chi connectivity index (χ3n) is 3.95. The van der Waals surface area contributed by atoms with E-state index in [9.17, 15) is 4.79 Å². The lowest BCUT2D eigenvalue weighted by atomic mass is 9.78. The Labute approximate surface area is 106 Å². The topological polar surface area (TPSA) is 17.1 Å². The van der Waals surface area contributed by atoms with E-state index < -0.39 is 0 Å². The third kappa shape index (κ3) is 2.70. The predicted octanol–water partition coefficient (Wildman–Crippen LogP) is 4.40. The number of rotatable bonds is 3. The minimum atomic E-state index is 0.165.